The van der Waals surface area contributed by atoms with Crippen LogP contribution in [0.5, 0.6) is 0 Å². The highest BCUT2D eigenvalue weighted by Gasteiger charge is 2.16. The standard InChI is InChI=1S/C16H16F2N4/c1-10(16-12(17)7-19-8-13(16)18)20-6-11-3-4-15-14(5-11)21-9-22(15)2/h3-5,7-10,20H,6H2,1-2H3. The van der Waals surface area contributed by atoms with Crippen LogP contribution >= 0.6 is 0 Å². The van der Waals surface area contributed by atoms with E-state index >= 15 is 0 Å². The number of nitrogens with zero attached hydrogens (tertiary/aromatic N) is 3. The Morgan fingerprint density at radius 1 is 1.23 bits per heavy atom. The summed E-state index contributed by atoms with van der Waals surface area (Å²) in [5.41, 5.74) is 2.96. The fourth-order valence-corrected chi connectivity index (χ4v) is 2.50. The van der Waals surface area contributed by atoms with Crippen LogP contribution in [0.25, 0.3) is 11.0 Å². The number of pyridine rings is 1. The van der Waals surface area contributed by atoms with Crippen molar-refractivity contribution in [2.45, 2.75) is 19.5 Å². The predicted octanol–water partition coefficient (Wildman–Crippen LogP) is 3.10. The van der Waals surface area contributed by atoms with Crippen LogP contribution in [0.15, 0.2) is 36.9 Å². The molecule has 0 saturated heterocycles. The number of aromatic nitrogens is 3. The van der Waals surface area contributed by atoms with E-state index in [1.807, 2.05) is 29.8 Å². The summed E-state index contributed by atoms with van der Waals surface area (Å²) in [6.45, 7) is 2.22. The van der Waals surface area contributed by atoms with Crippen molar-refractivity contribution >= 4 is 11.0 Å². The normalized spacial score (nSPS) is 12.7. The Morgan fingerprint density at radius 3 is 2.68 bits per heavy atom. The zero-order chi connectivity index (χ0) is 15.7. The summed E-state index contributed by atoms with van der Waals surface area (Å²) in [5.74, 6) is -1.28. The zero-order valence-corrected chi connectivity index (χ0v) is 12.3. The molecule has 0 aliphatic carbocycles. The van der Waals surface area contributed by atoms with Crippen LogP contribution in [0.1, 0.15) is 24.1 Å². The van der Waals surface area contributed by atoms with Gasteiger partial charge >= 0.3 is 0 Å². The fourth-order valence-electron chi connectivity index (χ4n) is 2.50. The van der Waals surface area contributed by atoms with E-state index in [0.717, 1.165) is 29.0 Å². The number of nitrogens with one attached hydrogen (secondary N) is 1. The zero-order valence-electron chi connectivity index (χ0n) is 12.3. The molecule has 0 saturated carbocycles. The summed E-state index contributed by atoms with van der Waals surface area (Å²) >= 11 is 0. The number of hydrogen-bond donors (Lipinski definition) is 1. The molecule has 114 valence electrons. The van der Waals surface area contributed by atoms with Crippen molar-refractivity contribution in [2.24, 2.45) is 7.05 Å². The Labute approximate surface area is 126 Å². The van der Waals surface area contributed by atoms with E-state index in [1.54, 1.807) is 13.3 Å². The van der Waals surface area contributed by atoms with Crippen molar-refractivity contribution in [2.75, 3.05) is 0 Å². The average Bonchev–Trinajstić information content (AvgIpc) is 2.86. The Hall–Kier alpha value is -2.34. The lowest BCUT2D eigenvalue weighted by Gasteiger charge is -2.15. The first-order valence-corrected chi connectivity index (χ1v) is 6.98. The number of fused-ring (bicyclic) bond motifs is 1. The molecule has 1 aromatic carbocycles. The van der Waals surface area contributed by atoms with Gasteiger partial charge in [-0.2, -0.15) is 0 Å². The Morgan fingerprint density at radius 2 is 1.95 bits per heavy atom. The van der Waals surface area contributed by atoms with E-state index in [0.29, 0.717) is 6.54 Å². The van der Waals surface area contributed by atoms with Gasteiger partial charge in [0.25, 0.3) is 0 Å². The van der Waals surface area contributed by atoms with Crippen LogP contribution in [-0.2, 0) is 13.6 Å². The topological polar surface area (TPSA) is 42.7 Å². The highest BCUT2D eigenvalue weighted by Crippen LogP contribution is 2.20. The van der Waals surface area contributed by atoms with Crippen LogP contribution < -0.4 is 5.32 Å². The lowest BCUT2D eigenvalue weighted by Crippen LogP contribution is -2.20. The Bertz CT molecular complexity index is 793. The molecule has 22 heavy (non-hydrogen) atoms. The van der Waals surface area contributed by atoms with Gasteiger partial charge in [0, 0.05) is 25.2 Å². The lowest BCUT2D eigenvalue weighted by atomic mass is 10.1. The van der Waals surface area contributed by atoms with E-state index in [1.165, 1.54) is 0 Å². The second-order valence-electron chi connectivity index (χ2n) is 5.30. The molecule has 2 heterocycles. The number of halogens is 2. The van der Waals surface area contributed by atoms with Crippen molar-refractivity contribution in [3.05, 3.63) is 59.7 Å². The summed E-state index contributed by atoms with van der Waals surface area (Å²) in [5, 5.41) is 3.13. The summed E-state index contributed by atoms with van der Waals surface area (Å²) in [6.07, 6.45) is 3.80. The summed E-state index contributed by atoms with van der Waals surface area (Å²) in [6, 6.07) is 5.47. The molecule has 0 radical (unpaired) electrons. The first-order chi connectivity index (χ1) is 10.6. The molecular formula is C16H16F2N4. The molecule has 1 N–H and O–H groups in total. The number of hydrogen-bond acceptors (Lipinski definition) is 3. The van der Waals surface area contributed by atoms with E-state index in [2.05, 4.69) is 15.3 Å². The van der Waals surface area contributed by atoms with Gasteiger partial charge in [-0.1, -0.05) is 6.07 Å². The molecular weight excluding hydrogens is 286 g/mol. The van der Waals surface area contributed by atoms with E-state index < -0.39 is 17.7 Å². The summed E-state index contributed by atoms with van der Waals surface area (Å²) in [7, 11) is 1.93. The molecule has 1 atom stereocenters. The first-order valence-electron chi connectivity index (χ1n) is 6.98. The second-order valence-corrected chi connectivity index (χ2v) is 5.30. The van der Waals surface area contributed by atoms with Crippen LogP contribution in [0.3, 0.4) is 0 Å². The van der Waals surface area contributed by atoms with Gasteiger partial charge in [0.1, 0.15) is 11.6 Å². The summed E-state index contributed by atoms with van der Waals surface area (Å²) < 4.78 is 29.3. The smallest absolute Gasteiger partial charge is 0.149 e. The minimum absolute atomic E-state index is 0.00825. The molecule has 3 rings (SSSR count). The van der Waals surface area contributed by atoms with Crippen LogP contribution in [0, 0.1) is 11.6 Å². The van der Waals surface area contributed by atoms with Gasteiger partial charge < -0.3 is 9.88 Å². The van der Waals surface area contributed by atoms with E-state index in [9.17, 15) is 8.78 Å². The van der Waals surface area contributed by atoms with Gasteiger partial charge in [0.05, 0.1) is 29.8 Å². The minimum atomic E-state index is -0.639. The molecule has 3 aromatic rings. The third-order valence-electron chi connectivity index (χ3n) is 3.73. The van der Waals surface area contributed by atoms with Gasteiger partial charge in [-0.25, -0.2) is 13.8 Å². The quantitative estimate of drug-likeness (QED) is 0.805. The molecule has 1 unspecified atom stereocenters. The largest absolute Gasteiger partial charge is 0.334 e. The van der Waals surface area contributed by atoms with Crippen molar-refractivity contribution < 1.29 is 8.78 Å². The maximum atomic E-state index is 13.7. The number of benzene rings is 1. The molecule has 6 heteroatoms. The molecule has 0 amide bonds. The van der Waals surface area contributed by atoms with Crippen LogP contribution in [-0.4, -0.2) is 14.5 Å². The van der Waals surface area contributed by atoms with E-state index in [-0.39, 0.29) is 5.56 Å². The van der Waals surface area contributed by atoms with Crippen molar-refractivity contribution in [3.63, 3.8) is 0 Å². The molecule has 0 spiro atoms. The maximum absolute atomic E-state index is 13.7. The molecule has 4 nitrogen and oxygen atoms in total. The third-order valence-corrected chi connectivity index (χ3v) is 3.73. The van der Waals surface area contributed by atoms with Gasteiger partial charge in [-0.15, -0.1) is 0 Å². The predicted molar refractivity (Wildman–Crippen MR) is 80.1 cm³/mol. The molecule has 0 aliphatic rings. The fraction of sp³-hybridized carbons (Fsp3) is 0.250. The van der Waals surface area contributed by atoms with Crippen LogP contribution in [0.2, 0.25) is 0 Å². The van der Waals surface area contributed by atoms with Crippen molar-refractivity contribution in [3.8, 4) is 0 Å². The minimum Gasteiger partial charge on any atom is -0.334 e. The third kappa shape index (κ3) is 2.69. The Balaban J connectivity index is 1.75. The van der Waals surface area contributed by atoms with Gasteiger partial charge in [0.2, 0.25) is 0 Å². The van der Waals surface area contributed by atoms with E-state index in [4.69, 9.17) is 0 Å². The summed E-state index contributed by atoms with van der Waals surface area (Å²) in [4.78, 5) is 7.79. The van der Waals surface area contributed by atoms with Crippen molar-refractivity contribution in [1.29, 1.82) is 0 Å². The molecule has 0 bridgehead atoms. The second kappa shape index (κ2) is 5.81. The SMILES string of the molecule is CC(NCc1ccc2c(c1)ncn2C)c1c(F)cncc1F. The Kier molecular flexibility index (Phi) is 3.85. The van der Waals surface area contributed by atoms with Gasteiger partial charge in [-0.3, -0.25) is 4.98 Å². The average molecular weight is 302 g/mol. The van der Waals surface area contributed by atoms with Gasteiger partial charge in [0.15, 0.2) is 0 Å². The maximum Gasteiger partial charge on any atom is 0.149 e. The van der Waals surface area contributed by atoms with Gasteiger partial charge in [-0.05, 0) is 24.6 Å². The highest BCUT2D eigenvalue weighted by molar-refractivity contribution is 5.75. The first kappa shape index (κ1) is 14.6. The molecule has 2 aromatic heterocycles. The number of aryl methyl sites for hydroxylation is 1. The number of imidazole rings is 1. The van der Waals surface area contributed by atoms with Crippen molar-refractivity contribution in [1.82, 2.24) is 19.9 Å². The molecule has 0 fully saturated rings. The van der Waals surface area contributed by atoms with Crippen LogP contribution in [0.4, 0.5) is 8.78 Å². The number of rotatable bonds is 4. The lowest BCUT2D eigenvalue weighted by molar-refractivity contribution is 0.482. The monoisotopic (exact) mass is 302 g/mol. The molecule has 0 aliphatic heterocycles. The highest BCUT2D eigenvalue weighted by atomic mass is 19.1.